The summed E-state index contributed by atoms with van der Waals surface area (Å²) in [6, 6.07) is 0. The molecule has 104 valence electrons. The standard InChI is InChI=1S/C12H22N2O2S2/c1-6-9-10(7-13-12(2,3)4)17-11(14-9)8-18(5,15)16/h13H,6-8H2,1-5H3. The van der Waals surface area contributed by atoms with Crippen molar-refractivity contribution in [1.82, 2.24) is 10.3 Å². The molecule has 0 aliphatic rings. The lowest BCUT2D eigenvalue weighted by molar-refractivity contribution is 0.425. The Labute approximate surface area is 114 Å². The highest BCUT2D eigenvalue weighted by Crippen LogP contribution is 2.21. The van der Waals surface area contributed by atoms with Crippen molar-refractivity contribution in [1.29, 1.82) is 0 Å². The summed E-state index contributed by atoms with van der Waals surface area (Å²) in [4.78, 5) is 5.56. The quantitative estimate of drug-likeness (QED) is 0.902. The van der Waals surface area contributed by atoms with Gasteiger partial charge in [-0.25, -0.2) is 13.4 Å². The van der Waals surface area contributed by atoms with Gasteiger partial charge < -0.3 is 5.32 Å². The largest absolute Gasteiger partial charge is 0.307 e. The summed E-state index contributed by atoms with van der Waals surface area (Å²) >= 11 is 1.50. The van der Waals surface area contributed by atoms with Gasteiger partial charge in [-0.3, -0.25) is 0 Å². The number of hydrogen-bond acceptors (Lipinski definition) is 5. The molecule has 0 saturated heterocycles. The molecule has 1 aromatic heterocycles. The molecule has 0 fully saturated rings. The predicted molar refractivity (Wildman–Crippen MR) is 76.6 cm³/mol. The van der Waals surface area contributed by atoms with Crippen molar-refractivity contribution in [2.75, 3.05) is 6.26 Å². The van der Waals surface area contributed by atoms with Gasteiger partial charge in [0.2, 0.25) is 0 Å². The zero-order valence-electron chi connectivity index (χ0n) is 11.7. The van der Waals surface area contributed by atoms with E-state index in [4.69, 9.17) is 0 Å². The monoisotopic (exact) mass is 290 g/mol. The van der Waals surface area contributed by atoms with Crippen LogP contribution in [0.3, 0.4) is 0 Å². The number of nitrogens with zero attached hydrogens (tertiary/aromatic N) is 1. The Morgan fingerprint density at radius 3 is 2.39 bits per heavy atom. The molecule has 1 heterocycles. The number of aryl methyl sites for hydroxylation is 1. The van der Waals surface area contributed by atoms with Crippen molar-refractivity contribution in [3.05, 3.63) is 15.6 Å². The van der Waals surface area contributed by atoms with Gasteiger partial charge in [-0.2, -0.15) is 0 Å². The van der Waals surface area contributed by atoms with E-state index in [9.17, 15) is 8.42 Å². The van der Waals surface area contributed by atoms with Crippen LogP contribution in [0.15, 0.2) is 0 Å². The summed E-state index contributed by atoms with van der Waals surface area (Å²) < 4.78 is 22.6. The molecule has 0 radical (unpaired) electrons. The first-order valence-electron chi connectivity index (χ1n) is 6.01. The first-order chi connectivity index (χ1) is 8.11. The summed E-state index contributed by atoms with van der Waals surface area (Å²) in [5.74, 6) is 0.0418. The molecular weight excluding hydrogens is 268 g/mol. The van der Waals surface area contributed by atoms with Crippen LogP contribution in [0.5, 0.6) is 0 Å². The van der Waals surface area contributed by atoms with Gasteiger partial charge in [-0.15, -0.1) is 11.3 Å². The third-order valence-electron chi connectivity index (χ3n) is 2.32. The van der Waals surface area contributed by atoms with Crippen molar-refractivity contribution in [2.45, 2.75) is 52.0 Å². The topological polar surface area (TPSA) is 59.1 Å². The molecule has 4 nitrogen and oxygen atoms in total. The second kappa shape index (κ2) is 5.67. The molecule has 0 aromatic carbocycles. The number of aromatic nitrogens is 1. The van der Waals surface area contributed by atoms with E-state index in [0.717, 1.165) is 23.5 Å². The number of sulfone groups is 1. The summed E-state index contributed by atoms with van der Waals surface area (Å²) in [7, 11) is -3.00. The van der Waals surface area contributed by atoms with E-state index in [1.807, 2.05) is 6.92 Å². The maximum Gasteiger partial charge on any atom is 0.153 e. The lowest BCUT2D eigenvalue weighted by atomic mass is 10.1. The van der Waals surface area contributed by atoms with Crippen molar-refractivity contribution in [2.24, 2.45) is 0 Å². The van der Waals surface area contributed by atoms with Crippen LogP contribution in [-0.2, 0) is 28.6 Å². The maximum atomic E-state index is 11.3. The minimum atomic E-state index is -3.00. The van der Waals surface area contributed by atoms with Gasteiger partial charge in [-0.05, 0) is 27.2 Å². The smallest absolute Gasteiger partial charge is 0.153 e. The van der Waals surface area contributed by atoms with E-state index >= 15 is 0 Å². The first-order valence-corrected chi connectivity index (χ1v) is 8.88. The van der Waals surface area contributed by atoms with E-state index in [-0.39, 0.29) is 11.3 Å². The van der Waals surface area contributed by atoms with Crippen LogP contribution in [-0.4, -0.2) is 25.2 Å². The van der Waals surface area contributed by atoms with Gasteiger partial charge in [0.15, 0.2) is 9.84 Å². The third-order valence-corrected chi connectivity index (χ3v) is 4.40. The fourth-order valence-electron chi connectivity index (χ4n) is 1.48. The lowest BCUT2D eigenvalue weighted by Gasteiger charge is -2.20. The number of thiazole rings is 1. The van der Waals surface area contributed by atoms with E-state index in [1.54, 1.807) is 0 Å². The Bertz CT molecular complexity index is 499. The molecule has 6 heteroatoms. The zero-order chi connectivity index (χ0) is 14.0. The first kappa shape index (κ1) is 15.6. The summed E-state index contributed by atoms with van der Waals surface area (Å²) in [6.45, 7) is 9.11. The Kier molecular flexibility index (Phi) is 4.91. The molecule has 0 atom stereocenters. The zero-order valence-corrected chi connectivity index (χ0v) is 13.3. The average molecular weight is 290 g/mol. The van der Waals surface area contributed by atoms with Gasteiger partial charge in [0.05, 0.1) is 5.69 Å². The molecule has 0 aliphatic heterocycles. The SMILES string of the molecule is CCc1nc(CS(C)(=O)=O)sc1CNC(C)(C)C. The highest BCUT2D eigenvalue weighted by Gasteiger charge is 2.16. The third kappa shape index (κ3) is 5.46. The predicted octanol–water partition coefficient (Wildman–Crippen LogP) is 2.14. The Morgan fingerprint density at radius 2 is 1.94 bits per heavy atom. The lowest BCUT2D eigenvalue weighted by Crippen LogP contribution is -2.35. The molecule has 0 spiro atoms. The van der Waals surface area contributed by atoms with Crippen molar-refractivity contribution in [3.63, 3.8) is 0 Å². The molecule has 1 N–H and O–H groups in total. The van der Waals surface area contributed by atoms with Crippen LogP contribution in [0, 0.1) is 0 Å². The molecule has 18 heavy (non-hydrogen) atoms. The van der Waals surface area contributed by atoms with E-state index in [2.05, 4.69) is 31.1 Å². The summed E-state index contributed by atoms with van der Waals surface area (Å²) in [5.41, 5.74) is 1.06. The van der Waals surface area contributed by atoms with Crippen molar-refractivity contribution >= 4 is 21.2 Å². The van der Waals surface area contributed by atoms with Crippen LogP contribution in [0.4, 0.5) is 0 Å². The van der Waals surface area contributed by atoms with Gasteiger partial charge >= 0.3 is 0 Å². The summed E-state index contributed by atoms with van der Waals surface area (Å²) in [5, 5.41) is 4.10. The van der Waals surface area contributed by atoms with Crippen LogP contribution in [0.25, 0.3) is 0 Å². The molecule has 0 unspecified atom stereocenters. The van der Waals surface area contributed by atoms with Gasteiger partial charge in [0.1, 0.15) is 10.8 Å². The van der Waals surface area contributed by atoms with E-state index in [0.29, 0.717) is 5.01 Å². The molecular formula is C12H22N2O2S2. The summed E-state index contributed by atoms with van der Waals surface area (Å²) in [6.07, 6.45) is 2.08. The molecule has 0 amide bonds. The normalized spacial score (nSPS) is 12.9. The molecule has 0 bridgehead atoms. The van der Waals surface area contributed by atoms with Gasteiger partial charge in [0.25, 0.3) is 0 Å². The van der Waals surface area contributed by atoms with Crippen LogP contribution >= 0.6 is 11.3 Å². The maximum absolute atomic E-state index is 11.3. The van der Waals surface area contributed by atoms with Crippen molar-refractivity contribution in [3.8, 4) is 0 Å². The second-order valence-electron chi connectivity index (χ2n) is 5.50. The minimum Gasteiger partial charge on any atom is -0.307 e. The van der Waals surface area contributed by atoms with Crippen LogP contribution in [0.2, 0.25) is 0 Å². The molecule has 1 rings (SSSR count). The Hall–Kier alpha value is -0.460. The van der Waals surface area contributed by atoms with E-state index < -0.39 is 9.84 Å². The Balaban J connectivity index is 2.85. The second-order valence-corrected chi connectivity index (χ2v) is 8.81. The number of rotatable bonds is 5. The van der Waals surface area contributed by atoms with Gasteiger partial charge in [-0.1, -0.05) is 6.92 Å². The van der Waals surface area contributed by atoms with Gasteiger partial charge in [0, 0.05) is 23.2 Å². The van der Waals surface area contributed by atoms with Crippen LogP contribution < -0.4 is 5.32 Å². The number of nitrogens with one attached hydrogen (secondary N) is 1. The fraction of sp³-hybridized carbons (Fsp3) is 0.750. The fourth-order valence-corrected chi connectivity index (χ4v) is 3.77. The Morgan fingerprint density at radius 1 is 1.33 bits per heavy atom. The van der Waals surface area contributed by atoms with Crippen molar-refractivity contribution < 1.29 is 8.42 Å². The van der Waals surface area contributed by atoms with Crippen LogP contribution in [0.1, 0.15) is 43.3 Å². The minimum absolute atomic E-state index is 0.0418. The average Bonchev–Trinajstić information content (AvgIpc) is 2.53. The number of hydrogen-bond donors (Lipinski definition) is 1. The molecule has 0 aliphatic carbocycles. The molecule has 0 saturated carbocycles. The molecule has 1 aromatic rings. The van der Waals surface area contributed by atoms with E-state index in [1.165, 1.54) is 17.6 Å². The highest BCUT2D eigenvalue weighted by atomic mass is 32.2. The highest BCUT2D eigenvalue weighted by molar-refractivity contribution is 7.90.